The summed E-state index contributed by atoms with van der Waals surface area (Å²) in [6.45, 7) is -0.0744. The third kappa shape index (κ3) is 4.26. The van der Waals surface area contributed by atoms with Crippen LogP contribution in [-0.4, -0.2) is 81.6 Å². The second-order valence-electron chi connectivity index (χ2n) is 10.3. The van der Waals surface area contributed by atoms with Crippen LogP contribution in [0, 0.1) is 5.92 Å². The number of hydrogen-bond acceptors (Lipinski definition) is 5. The van der Waals surface area contributed by atoms with E-state index in [0.717, 1.165) is 15.4 Å². The summed E-state index contributed by atoms with van der Waals surface area (Å²) in [5, 5.41) is 7.40. The topological polar surface area (TPSA) is 102 Å². The Kier molecular flexibility index (Phi) is 6.16. The number of hydrogen-bond donors (Lipinski definition) is 1. The van der Waals surface area contributed by atoms with Crippen LogP contribution in [0.25, 0.3) is 11.0 Å². The Morgan fingerprint density at radius 3 is 2.62 bits per heavy atom. The van der Waals surface area contributed by atoms with E-state index in [1.807, 2.05) is 6.07 Å². The zero-order valence-corrected chi connectivity index (χ0v) is 22.3. The van der Waals surface area contributed by atoms with E-state index in [0.29, 0.717) is 42.8 Å². The van der Waals surface area contributed by atoms with Gasteiger partial charge in [-0.1, -0.05) is 22.0 Å². The van der Waals surface area contributed by atoms with Crippen molar-refractivity contribution in [3.8, 4) is 0 Å². The molecule has 3 aliphatic heterocycles. The number of rotatable bonds is 3. The van der Waals surface area contributed by atoms with E-state index >= 15 is 0 Å². The zero-order chi connectivity index (χ0) is 27.5. The standard InChI is InChI=1S/C26H24BrF3N6O3/c27-18-2-1-3-19-21(18)25(24(39)36(19)14-20(37)35-7-4-17(13-35)26(28,29)30)5-8-34(9-6-25)23(38)16-10-15-12-32-33-22(15)31-11-16/h1-3,10-12,17H,4-9,13-14H2,(H,31,32,33). The lowest BCUT2D eigenvalue weighted by atomic mass is 9.73. The van der Waals surface area contributed by atoms with Crippen molar-refractivity contribution in [3.05, 3.63) is 52.3 Å². The summed E-state index contributed by atoms with van der Waals surface area (Å²) in [5.74, 6) is -2.51. The highest BCUT2D eigenvalue weighted by Gasteiger charge is 2.54. The molecule has 1 aromatic carbocycles. The van der Waals surface area contributed by atoms with Crippen molar-refractivity contribution in [3.63, 3.8) is 0 Å². The number of aromatic nitrogens is 3. The van der Waals surface area contributed by atoms with Crippen LogP contribution in [-0.2, 0) is 15.0 Å². The molecule has 39 heavy (non-hydrogen) atoms. The van der Waals surface area contributed by atoms with Gasteiger partial charge in [-0.15, -0.1) is 0 Å². The average Bonchev–Trinajstić information content (AvgIpc) is 3.64. The molecule has 1 N–H and O–H groups in total. The summed E-state index contributed by atoms with van der Waals surface area (Å²) < 4.78 is 40.2. The Balaban J connectivity index is 1.21. The SMILES string of the molecule is O=C(CN1C(=O)C2(CCN(C(=O)c3cnc4[nH]ncc4c3)CC2)c2c(Br)cccc21)N1CCC(C(F)(F)F)C1. The molecule has 3 aliphatic rings. The lowest BCUT2D eigenvalue weighted by Crippen LogP contribution is -2.51. The first-order chi connectivity index (χ1) is 18.6. The third-order valence-corrected chi connectivity index (χ3v) is 8.82. The fraction of sp³-hybridized carbons (Fsp3) is 0.423. The Hall–Kier alpha value is -3.48. The Labute approximate surface area is 229 Å². The van der Waals surface area contributed by atoms with Gasteiger partial charge in [-0.05, 0) is 37.5 Å². The van der Waals surface area contributed by atoms with E-state index in [2.05, 4.69) is 31.1 Å². The fourth-order valence-electron chi connectivity index (χ4n) is 6.02. The van der Waals surface area contributed by atoms with Crippen molar-refractivity contribution < 1.29 is 27.6 Å². The minimum Gasteiger partial charge on any atom is -0.341 e. The average molecular weight is 605 g/mol. The van der Waals surface area contributed by atoms with Crippen molar-refractivity contribution in [2.75, 3.05) is 37.6 Å². The highest BCUT2D eigenvalue weighted by molar-refractivity contribution is 9.10. The Morgan fingerprint density at radius 2 is 1.90 bits per heavy atom. The van der Waals surface area contributed by atoms with Crippen molar-refractivity contribution in [1.82, 2.24) is 25.0 Å². The van der Waals surface area contributed by atoms with E-state index < -0.39 is 30.0 Å². The maximum atomic E-state index is 14.0. The van der Waals surface area contributed by atoms with Crippen LogP contribution in [0.15, 0.2) is 41.1 Å². The minimum absolute atomic E-state index is 0.0120. The first kappa shape index (κ1) is 25.8. The molecule has 2 aromatic heterocycles. The van der Waals surface area contributed by atoms with Crippen molar-refractivity contribution >= 4 is 50.4 Å². The lowest BCUT2D eigenvalue weighted by molar-refractivity contribution is -0.171. The number of anilines is 1. The Morgan fingerprint density at radius 1 is 1.13 bits per heavy atom. The molecule has 3 aromatic rings. The van der Waals surface area contributed by atoms with Gasteiger partial charge in [-0.25, -0.2) is 4.98 Å². The summed E-state index contributed by atoms with van der Waals surface area (Å²) in [5.41, 5.74) is 1.39. The fourth-order valence-corrected chi connectivity index (χ4v) is 6.76. The zero-order valence-electron chi connectivity index (χ0n) is 20.7. The number of carbonyl (C=O) groups is 3. The molecular weight excluding hydrogens is 581 g/mol. The number of amides is 3. The van der Waals surface area contributed by atoms with Crippen LogP contribution in [0.1, 0.15) is 35.2 Å². The number of fused-ring (bicyclic) bond motifs is 3. The van der Waals surface area contributed by atoms with E-state index in [-0.39, 0.29) is 31.3 Å². The summed E-state index contributed by atoms with van der Waals surface area (Å²) >= 11 is 3.58. The van der Waals surface area contributed by atoms with Crippen LogP contribution in [0.4, 0.5) is 18.9 Å². The van der Waals surface area contributed by atoms with Gasteiger partial charge < -0.3 is 14.7 Å². The molecule has 2 saturated heterocycles. The van der Waals surface area contributed by atoms with Crippen molar-refractivity contribution in [2.24, 2.45) is 5.92 Å². The van der Waals surface area contributed by atoms with Gasteiger partial charge in [0.15, 0.2) is 5.65 Å². The smallest absolute Gasteiger partial charge is 0.341 e. The van der Waals surface area contributed by atoms with Crippen LogP contribution < -0.4 is 4.90 Å². The first-order valence-corrected chi connectivity index (χ1v) is 13.4. The van der Waals surface area contributed by atoms with Gasteiger partial charge in [-0.3, -0.25) is 19.5 Å². The molecule has 0 bridgehead atoms. The number of nitrogens with zero attached hydrogens (tertiary/aromatic N) is 5. The highest BCUT2D eigenvalue weighted by Crippen LogP contribution is 2.51. The normalized spacial score (nSPS) is 20.8. The predicted octanol–water partition coefficient (Wildman–Crippen LogP) is 3.65. The summed E-state index contributed by atoms with van der Waals surface area (Å²) in [7, 11) is 0. The van der Waals surface area contributed by atoms with Gasteiger partial charge in [0, 0.05) is 53.5 Å². The number of aromatic amines is 1. The number of likely N-dealkylation sites (tertiary alicyclic amines) is 2. The third-order valence-electron chi connectivity index (χ3n) is 8.16. The molecular formula is C26H24BrF3N6O3. The molecule has 0 aliphatic carbocycles. The van der Waals surface area contributed by atoms with E-state index in [1.54, 1.807) is 29.3 Å². The number of alkyl halides is 3. The van der Waals surface area contributed by atoms with E-state index in [1.165, 1.54) is 16.0 Å². The molecule has 1 atom stereocenters. The summed E-state index contributed by atoms with van der Waals surface area (Å²) in [6, 6.07) is 7.07. The molecule has 1 spiro atoms. The van der Waals surface area contributed by atoms with Crippen LogP contribution >= 0.6 is 15.9 Å². The lowest BCUT2D eigenvalue weighted by Gasteiger charge is -2.39. The Bertz CT molecular complexity index is 1480. The van der Waals surface area contributed by atoms with Crippen LogP contribution in [0.3, 0.4) is 0 Å². The largest absolute Gasteiger partial charge is 0.393 e. The second kappa shape index (κ2) is 9.32. The van der Waals surface area contributed by atoms with Gasteiger partial charge >= 0.3 is 6.18 Å². The first-order valence-electron chi connectivity index (χ1n) is 12.6. The second-order valence-corrected chi connectivity index (χ2v) is 11.2. The minimum atomic E-state index is -4.36. The summed E-state index contributed by atoms with van der Waals surface area (Å²) in [4.78, 5) is 48.8. The number of carbonyl (C=O) groups excluding carboxylic acids is 3. The number of benzene rings is 1. The predicted molar refractivity (Wildman–Crippen MR) is 138 cm³/mol. The molecule has 6 rings (SSSR count). The molecule has 0 radical (unpaired) electrons. The molecule has 5 heterocycles. The molecule has 2 fully saturated rings. The molecule has 1 unspecified atom stereocenters. The number of piperidine rings is 1. The quantitative estimate of drug-likeness (QED) is 0.492. The number of pyridine rings is 1. The van der Waals surface area contributed by atoms with Gasteiger partial charge in [0.25, 0.3) is 5.91 Å². The number of nitrogens with one attached hydrogen (secondary N) is 1. The maximum absolute atomic E-state index is 14.0. The van der Waals surface area contributed by atoms with Crippen molar-refractivity contribution in [2.45, 2.75) is 30.9 Å². The molecule has 13 heteroatoms. The van der Waals surface area contributed by atoms with Crippen molar-refractivity contribution in [1.29, 1.82) is 0 Å². The molecule has 3 amide bonds. The van der Waals surface area contributed by atoms with Gasteiger partial charge in [0.2, 0.25) is 11.8 Å². The van der Waals surface area contributed by atoms with Gasteiger partial charge in [0.05, 0.1) is 23.1 Å². The highest BCUT2D eigenvalue weighted by atomic mass is 79.9. The van der Waals surface area contributed by atoms with Crippen LogP contribution in [0.5, 0.6) is 0 Å². The monoisotopic (exact) mass is 604 g/mol. The van der Waals surface area contributed by atoms with E-state index in [9.17, 15) is 27.6 Å². The number of halogens is 4. The van der Waals surface area contributed by atoms with Crippen LogP contribution in [0.2, 0.25) is 0 Å². The van der Waals surface area contributed by atoms with Gasteiger partial charge in [0.1, 0.15) is 6.54 Å². The molecule has 9 nitrogen and oxygen atoms in total. The molecule has 204 valence electrons. The van der Waals surface area contributed by atoms with Gasteiger partial charge in [-0.2, -0.15) is 18.3 Å². The summed E-state index contributed by atoms with van der Waals surface area (Å²) in [6.07, 6.45) is -0.710. The molecule has 0 saturated carbocycles. The van der Waals surface area contributed by atoms with E-state index in [4.69, 9.17) is 0 Å². The number of H-pyrrole nitrogens is 1. The maximum Gasteiger partial charge on any atom is 0.393 e.